The summed E-state index contributed by atoms with van der Waals surface area (Å²) in [5.74, 6) is 0.514. The summed E-state index contributed by atoms with van der Waals surface area (Å²) in [6, 6.07) is 0.301. The first-order valence-electron chi connectivity index (χ1n) is 4.18. The van der Waals surface area contributed by atoms with Gasteiger partial charge in [0.15, 0.2) is 5.96 Å². The predicted octanol–water partition coefficient (Wildman–Crippen LogP) is 1.22. The molecule has 1 aliphatic rings. The molecule has 68 valence electrons. The van der Waals surface area contributed by atoms with Crippen molar-refractivity contribution in [2.45, 2.75) is 33.7 Å². The number of rotatable bonds is 0. The van der Waals surface area contributed by atoms with E-state index in [1.165, 1.54) is 5.57 Å². The zero-order chi connectivity index (χ0) is 9.35. The van der Waals surface area contributed by atoms with Crippen LogP contribution in [0.3, 0.4) is 0 Å². The fraction of sp³-hybridized carbons (Fsp3) is 0.667. The lowest BCUT2D eigenvalue weighted by Crippen LogP contribution is -2.49. The fourth-order valence-electron chi connectivity index (χ4n) is 1.44. The number of nitrogens with zero attached hydrogens (tertiary/aromatic N) is 1. The number of hydrogen-bond acceptors (Lipinski definition) is 3. The predicted molar refractivity (Wildman–Crippen MR) is 51.8 cm³/mol. The second-order valence-electron chi connectivity index (χ2n) is 4.33. The van der Waals surface area contributed by atoms with Crippen molar-refractivity contribution < 1.29 is 0 Å². The highest BCUT2D eigenvalue weighted by atomic mass is 15.1. The van der Waals surface area contributed by atoms with Gasteiger partial charge in [0.2, 0.25) is 0 Å². The maximum atomic E-state index is 5.58. The quantitative estimate of drug-likeness (QED) is 0.570. The van der Waals surface area contributed by atoms with Gasteiger partial charge in [0, 0.05) is 6.20 Å². The van der Waals surface area contributed by atoms with Crippen LogP contribution in [0.15, 0.2) is 16.8 Å². The summed E-state index contributed by atoms with van der Waals surface area (Å²) in [5.41, 5.74) is 6.99. The molecule has 0 aromatic rings. The molecule has 0 amide bonds. The zero-order valence-corrected chi connectivity index (χ0v) is 8.18. The Morgan fingerprint density at radius 3 is 2.50 bits per heavy atom. The average Bonchev–Trinajstić information content (AvgIpc) is 1.92. The lowest BCUT2D eigenvalue weighted by Gasteiger charge is -2.34. The first-order valence-corrected chi connectivity index (χ1v) is 4.18. The van der Waals surface area contributed by atoms with Crippen molar-refractivity contribution in [3.05, 3.63) is 11.8 Å². The van der Waals surface area contributed by atoms with Gasteiger partial charge in [-0.1, -0.05) is 20.8 Å². The van der Waals surface area contributed by atoms with Crippen molar-refractivity contribution in [2.75, 3.05) is 0 Å². The number of hydrogen-bond donors (Lipinski definition) is 2. The zero-order valence-electron chi connectivity index (χ0n) is 8.18. The van der Waals surface area contributed by atoms with Crippen LogP contribution < -0.4 is 11.1 Å². The van der Waals surface area contributed by atoms with Crippen LogP contribution in [0.2, 0.25) is 0 Å². The summed E-state index contributed by atoms with van der Waals surface area (Å²) in [6.45, 7) is 8.61. The Bertz CT molecular complexity index is 233. The summed E-state index contributed by atoms with van der Waals surface area (Å²) in [6.07, 6.45) is 1.84. The highest BCUT2D eigenvalue weighted by molar-refractivity contribution is 5.80. The molecule has 0 radical (unpaired) electrons. The van der Waals surface area contributed by atoms with Crippen molar-refractivity contribution in [3.63, 3.8) is 0 Å². The Hall–Kier alpha value is -0.990. The van der Waals surface area contributed by atoms with Gasteiger partial charge in [-0.3, -0.25) is 0 Å². The van der Waals surface area contributed by atoms with Gasteiger partial charge in [-0.05, 0) is 17.9 Å². The Kier molecular flexibility index (Phi) is 2.13. The number of nitrogens with two attached hydrogens (primary N) is 1. The molecule has 0 aromatic heterocycles. The molecule has 1 unspecified atom stereocenters. The van der Waals surface area contributed by atoms with Gasteiger partial charge < -0.3 is 11.1 Å². The minimum atomic E-state index is 0.182. The van der Waals surface area contributed by atoms with Crippen LogP contribution in [0.25, 0.3) is 0 Å². The normalized spacial score (nSPS) is 24.2. The first kappa shape index (κ1) is 9.10. The number of guanidine groups is 1. The lowest BCUT2D eigenvalue weighted by atomic mass is 9.82. The van der Waals surface area contributed by atoms with Gasteiger partial charge in [0.25, 0.3) is 0 Å². The largest absolute Gasteiger partial charge is 0.370 e. The van der Waals surface area contributed by atoms with Gasteiger partial charge in [-0.2, -0.15) is 0 Å². The molecule has 0 fully saturated rings. The fourth-order valence-corrected chi connectivity index (χ4v) is 1.44. The smallest absolute Gasteiger partial charge is 0.193 e. The van der Waals surface area contributed by atoms with Crippen LogP contribution in [0.1, 0.15) is 27.7 Å². The molecular formula is C9H17N3. The van der Waals surface area contributed by atoms with E-state index in [2.05, 4.69) is 38.0 Å². The average molecular weight is 167 g/mol. The van der Waals surface area contributed by atoms with Crippen molar-refractivity contribution >= 4 is 5.96 Å². The van der Waals surface area contributed by atoms with Crippen molar-refractivity contribution in [3.8, 4) is 0 Å². The molecule has 0 spiro atoms. The summed E-state index contributed by atoms with van der Waals surface area (Å²) >= 11 is 0. The molecule has 3 nitrogen and oxygen atoms in total. The maximum Gasteiger partial charge on any atom is 0.193 e. The van der Waals surface area contributed by atoms with Gasteiger partial charge in [0.1, 0.15) is 0 Å². The molecule has 3 heteroatoms. The Balaban J connectivity index is 2.84. The summed E-state index contributed by atoms with van der Waals surface area (Å²) < 4.78 is 0. The third-order valence-corrected chi connectivity index (χ3v) is 2.02. The SMILES string of the molecule is CC1=CN=C(N)NC1C(C)(C)C. The summed E-state index contributed by atoms with van der Waals surface area (Å²) in [7, 11) is 0. The highest BCUT2D eigenvalue weighted by Gasteiger charge is 2.27. The molecule has 1 rings (SSSR count). The van der Waals surface area contributed by atoms with Crippen molar-refractivity contribution in [1.29, 1.82) is 0 Å². The molecule has 1 aliphatic heterocycles. The molecule has 0 aromatic carbocycles. The molecule has 1 atom stereocenters. The standard InChI is InChI=1S/C9H17N3/c1-6-5-11-8(10)12-7(6)9(2,3)4/h5,7H,1-4H3,(H3,10,11,12). The molecule has 3 N–H and O–H groups in total. The van der Waals surface area contributed by atoms with Gasteiger partial charge in [0.05, 0.1) is 6.04 Å². The van der Waals surface area contributed by atoms with E-state index in [1.807, 2.05) is 6.20 Å². The van der Waals surface area contributed by atoms with E-state index in [1.54, 1.807) is 0 Å². The molecule has 0 aliphatic carbocycles. The second-order valence-corrected chi connectivity index (χ2v) is 4.33. The number of nitrogens with one attached hydrogen (secondary N) is 1. The Labute approximate surface area is 73.7 Å². The van der Waals surface area contributed by atoms with E-state index in [0.717, 1.165) is 0 Å². The van der Waals surface area contributed by atoms with Crippen LogP contribution in [-0.2, 0) is 0 Å². The third kappa shape index (κ3) is 1.78. The van der Waals surface area contributed by atoms with Crippen molar-refractivity contribution in [1.82, 2.24) is 5.32 Å². The minimum absolute atomic E-state index is 0.182. The van der Waals surface area contributed by atoms with Gasteiger partial charge in [-0.25, -0.2) is 4.99 Å². The Morgan fingerprint density at radius 1 is 1.50 bits per heavy atom. The first-order chi connectivity index (χ1) is 5.41. The molecule has 0 saturated carbocycles. The molecule has 12 heavy (non-hydrogen) atoms. The third-order valence-electron chi connectivity index (χ3n) is 2.02. The van der Waals surface area contributed by atoms with Crippen LogP contribution in [0, 0.1) is 5.41 Å². The van der Waals surface area contributed by atoms with Crippen LogP contribution in [0.4, 0.5) is 0 Å². The number of aliphatic imine (C=N–C) groups is 1. The van der Waals surface area contributed by atoms with Crippen molar-refractivity contribution in [2.24, 2.45) is 16.1 Å². The van der Waals surface area contributed by atoms with E-state index in [9.17, 15) is 0 Å². The maximum absolute atomic E-state index is 5.58. The molecular weight excluding hydrogens is 150 g/mol. The highest BCUT2D eigenvalue weighted by Crippen LogP contribution is 2.25. The van der Waals surface area contributed by atoms with E-state index < -0.39 is 0 Å². The van der Waals surface area contributed by atoms with E-state index in [0.29, 0.717) is 12.0 Å². The molecule has 0 saturated heterocycles. The van der Waals surface area contributed by atoms with E-state index >= 15 is 0 Å². The summed E-state index contributed by atoms with van der Waals surface area (Å²) in [4.78, 5) is 4.00. The van der Waals surface area contributed by atoms with Crippen LogP contribution in [-0.4, -0.2) is 12.0 Å². The van der Waals surface area contributed by atoms with Crippen LogP contribution >= 0.6 is 0 Å². The second kappa shape index (κ2) is 2.81. The van der Waals surface area contributed by atoms with E-state index in [4.69, 9.17) is 5.73 Å². The Morgan fingerprint density at radius 2 is 2.08 bits per heavy atom. The molecule has 1 heterocycles. The monoisotopic (exact) mass is 167 g/mol. The summed E-state index contributed by atoms with van der Waals surface area (Å²) in [5, 5.41) is 3.17. The van der Waals surface area contributed by atoms with Gasteiger partial charge in [-0.15, -0.1) is 0 Å². The van der Waals surface area contributed by atoms with Crippen LogP contribution in [0.5, 0.6) is 0 Å². The topological polar surface area (TPSA) is 50.4 Å². The van der Waals surface area contributed by atoms with E-state index in [-0.39, 0.29) is 5.41 Å². The van der Waals surface area contributed by atoms with Gasteiger partial charge >= 0.3 is 0 Å². The minimum Gasteiger partial charge on any atom is -0.370 e. The lowest BCUT2D eigenvalue weighted by molar-refractivity contribution is 0.327. The molecule has 0 bridgehead atoms.